The maximum atomic E-state index is 11.4. The highest BCUT2D eigenvalue weighted by molar-refractivity contribution is 5.55. The summed E-state index contributed by atoms with van der Waals surface area (Å²) < 4.78 is 0. The Morgan fingerprint density at radius 2 is 1.71 bits per heavy atom. The molecule has 2 nitrogen and oxygen atoms in total. The van der Waals surface area contributed by atoms with Crippen molar-refractivity contribution in [3.63, 3.8) is 0 Å². The lowest BCUT2D eigenvalue weighted by atomic mass is 9.72. The van der Waals surface area contributed by atoms with Crippen molar-refractivity contribution in [3.05, 3.63) is 65.2 Å². The molecule has 2 heteroatoms. The number of aryl methyl sites for hydroxylation is 2. The largest absolute Gasteiger partial charge is 0.383 e. The maximum Gasteiger partial charge on any atom is 0.110 e. The van der Waals surface area contributed by atoms with Crippen LogP contribution in [0.5, 0.6) is 0 Å². The van der Waals surface area contributed by atoms with Gasteiger partial charge in [-0.2, -0.15) is 0 Å². The number of anilines is 1. The molecule has 0 spiro atoms. The van der Waals surface area contributed by atoms with Crippen LogP contribution in [0.25, 0.3) is 0 Å². The Morgan fingerprint density at radius 1 is 0.952 bits per heavy atom. The molecule has 0 radical (unpaired) electrons. The third-order valence-corrected chi connectivity index (χ3v) is 5.11. The van der Waals surface area contributed by atoms with Crippen molar-refractivity contribution in [2.75, 3.05) is 5.32 Å². The molecule has 2 unspecified atom stereocenters. The number of para-hydroxylation sites is 1. The van der Waals surface area contributed by atoms with Crippen LogP contribution in [0.15, 0.2) is 48.5 Å². The summed E-state index contributed by atoms with van der Waals surface area (Å²) in [6.45, 7) is 0. The number of aliphatic hydroxyl groups is 1. The molecule has 2 aromatic carbocycles. The highest BCUT2D eigenvalue weighted by Crippen LogP contribution is 2.42. The lowest BCUT2D eigenvalue weighted by Gasteiger charge is -2.43. The smallest absolute Gasteiger partial charge is 0.110 e. The lowest BCUT2D eigenvalue weighted by Crippen LogP contribution is -2.48. The van der Waals surface area contributed by atoms with Gasteiger partial charge in [0.15, 0.2) is 0 Å². The average molecular weight is 279 g/mol. The predicted molar refractivity (Wildman–Crippen MR) is 85.5 cm³/mol. The van der Waals surface area contributed by atoms with Gasteiger partial charge in [0.25, 0.3) is 0 Å². The molecule has 1 heterocycles. The zero-order valence-electron chi connectivity index (χ0n) is 12.2. The molecular weight excluding hydrogens is 258 g/mol. The van der Waals surface area contributed by atoms with Crippen LogP contribution in [0.3, 0.4) is 0 Å². The second-order valence-electron chi connectivity index (χ2n) is 6.33. The molecule has 108 valence electrons. The number of hydrogen-bond acceptors (Lipinski definition) is 2. The van der Waals surface area contributed by atoms with Gasteiger partial charge in [-0.15, -0.1) is 0 Å². The second-order valence-corrected chi connectivity index (χ2v) is 6.33. The summed E-state index contributed by atoms with van der Waals surface area (Å²) in [6, 6.07) is 17.0. The fourth-order valence-electron chi connectivity index (χ4n) is 4.00. The van der Waals surface area contributed by atoms with Crippen LogP contribution in [0.4, 0.5) is 5.69 Å². The molecule has 0 saturated heterocycles. The van der Waals surface area contributed by atoms with E-state index in [1.54, 1.807) is 0 Å². The standard InChI is InChI=1S/C19H21NO/c21-19(13-5-8-14-6-1-3-9-16(14)19)18-12-11-15-7-2-4-10-17(15)20-18/h1-4,6-7,9-10,18,20-21H,5,8,11-13H2. The molecular formula is C19H21NO. The Labute approximate surface area is 125 Å². The minimum absolute atomic E-state index is 0.105. The van der Waals surface area contributed by atoms with E-state index in [0.717, 1.165) is 37.7 Å². The van der Waals surface area contributed by atoms with Gasteiger partial charge in [-0.05, 0) is 54.9 Å². The molecule has 0 aromatic heterocycles. The summed E-state index contributed by atoms with van der Waals surface area (Å²) in [5, 5.41) is 15.0. The van der Waals surface area contributed by atoms with E-state index in [1.807, 2.05) is 6.07 Å². The molecule has 2 aromatic rings. The van der Waals surface area contributed by atoms with E-state index in [1.165, 1.54) is 16.8 Å². The summed E-state index contributed by atoms with van der Waals surface area (Å²) in [5.41, 5.74) is 4.26. The predicted octanol–water partition coefficient (Wildman–Crippen LogP) is 3.64. The fourth-order valence-corrected chi connectivity index (χ4v) is 4.00. The Bertz CT molecular complexity index is 666. The highest BCUT2D eigenvalue weighted by Gasteiger charge is 2.42. The number of fused-ring (bicyclic) bond motifs is 2. The highest BCUT2D eigenvalue weighted by atomic mass is 16.3. The molecule has 4 rings (SSSR count). The molecule has 0 amide bonds. The van der Waals surface area contributed by atoms with E-state index in [9.17, 15) is 5.11 Å². The molecule has 0 saturated carbocycles. The maximum absolute atomic E-state index is 11.4. The van der Waals surface area contributed by atoms with Crippen molar-refractivity contribution >= 4 is 5.69 Å². The van der Waals surface area contributed by atoms with Gasteiger partial charge in [0, 0.05) is 5.69 Å². The molecule has 2 atom stereocenters. The van der Waals surface area contributed by atoms with Gasteiger partial charge >= 0.3 is 0 Å². The Hall–Kier alpha value is -1.80. The van der Waals surface area contributed by atoms with Crippen LogP contribution in [0.1, 0.15) is 36.0 Å². The Kier molecular flexibility index (Phi) is 3.00. The normalized spacial score (nSPS) is 27.4. The Balaban J connectivity index is 1.71. The first-order valence-electron chi connectivity index (χ1n) is 7.92. The first-order chi connectivity index (χ1) is 10.3. The van der Waals surface area contributed by atoms with E-state index < -0.39 is 5.60 Å². The zero-order chi connectivity index (χ0) is 14.3. The van der Waals surface area contributed by atoms with Crippen molar-refractivity contribution in [2.45, 2.75) is 43.7 Å². The van der Waals surface area contributed by atoms with E-state index in [0.29, 0.717) is 0 Å². The van der Waals surface area contributed by atoms with Gasteiger partial charge in [-0.1, -0.05) is 42.5 Å². The quantitative estimate of drug-likeness (QED) is 0.835. The van der Waals surface area contributed by atoms with Crippen molar-refractivity contribution in [1.82, 2.24) is 0 Å². The van der Waals surface area contributed by atoms with Gasteiger partial charge in [0.1, 0.15) is 5.60 Å². The van der Waals surface area contributed by atoms with Crippen LogP contribution in [-0.4, -0.2) is 11.1 Å². The third kappa shape index (κ3) is 2.06. The minimum Gasteiger partial charge on any atom is -0.383 e. The van der Waals surface area contributed by atoms with Crippen LogP contribution in [-0.2, 0) is 18.4 Å². The van der Waals surface area contributed by atoms with Gasteiger partial charge in [-0.25, -0.2) is 0 Å². The van der Waals surface area contributed by atoms with Crippen LogP contribution >= 0.6 is 0 Å². The van der Waals surface area contributed by atoms with Gasteiger partial charge in [0.05, 0.1) is 6.04 Å². The number of benzene rings is 2. The minimum atomic E-state index is -0.734. The summed E-state index contributed by atoms with van der Waals surface area (Å²) in [6.07, 6.45) is 5.03. The van der Waals surface area contributed by atoms with Crippen LogP contribution in [0, 0.1) is 0 Å². The van der Waals surface area contributed by atoms with Crippen molar-refractivity contribution in [2.24, 2.45) is 0 Å². The summed E-state index contributed by atoms with van der Waals surface area (Å²) >= 11 is 0. The van der Waals surface area contributed by atoms with E-state index in [2.05, 4.69) is 47.8 Å². The van der Waals surface area contributed by atoms with Crippen molar-refractivity contribution in [3.8, 4) is 0 Å². The molecule has 21 heavy (non-hydrogen) atoms. The van der Waals surface area contributed by atoms with E-state index in [-0.39, 0.29) is 6.04 Å². The zero-order valence-corrected chi connectivity index (χ0v) is 12.2. The summed E-state index contributed by atoms with van der Waals surface area (Å²) in [5.74, 6) is 0. The van der Waals surface area contributed by atoms with Crippen LogP contribution < -0.4 is 5.32 Å². The lowest BCUT2D eigenvalue weighted by molar-refractivity contribution is -0.00381. The topological polar surface area (TPSA) is 32.3 Å². The second kappa shape index (κ2) is 4.88. The third-order valence-electron chi connectivity index (χ3n) is 5.11. The molecule has 0 bridgehead atoms. The SMILES string of the molecule is OC1(C2CCc3ccccc3N2)CCCc2ccccc21. The first kappa shape index (κ1) is 12.9. The fraction of sp³-hybridized carbons (Fsp3) is 0.368. The Morgan fingerprint density at radius 3 is 2.62 bits per heavy atom. The molecule has 0 fully saturated rings. The average Bonchev–Trinajstić information content (AvgIpc) is 2.55. The summed E-state index contributed by atoms with van der Waals surface area (Å²) in [4.78, 5) is 0. The van der Waals surface area contributed by atoms with Gasteiger partial charge in [-0.3, -0.25) is 0 Å². The van der Waals surface area contributed by atoms with Crippen molar-refractivity contribution < 1.29 is 5.11 Å². The number of hydrogen-bond donors (Lipinski definition) is 2. The number of nitrogens with one attached hydrogen (secondary N) is 1. The molecule has 1 aliphatic carbocycles. The van der Waals surface area contributed by atoms with Gasteiger partial charge in [0.2, 0.25) is 0 Å². The molecule has 2 aliphatic rings. The van der Waals surface area contributed by atoms with Crippen LogP contribution in [0.2, 0.25) is 0 Å². The van der Waals surface area contributed by atoms with Crippen molar-refractivity contribution in [1.29, 1.82) is 0 Å². The monoisotopic (exact) mass is 279 g/mol. The number of rotatable bonds is 1. The summed E-state index contributed by atoms with van der Waals surface area (Å²) in [7, 11) is 0. The first-order valence-corrected chi connectivity index (χ1v) is 7.92. The molecule has 2 N–H and O–H groups in total. The van der Waals surface area contributed by atoms with Gasteiger partial charge < -0.3 is 10.4 Å². The van der Waals surface area contributed by atoms with E-state index in [4.69, 9.17) is 0 Å². The van der Waals surface area contributed by atoms with E-state index >= 15 is 0 Å². The molecule has 1 aliphatic heterocycles.